The number of rotatable bonds is 6. The molecule has 0 aliphatic heterocycles. The topological polar surface area (TPSA) is 71.8 Å². The Bertz CT molecular complexity index is 592. The number of thiazole rings is 1. The molecule has 2 aromatic heterocycles. The fourth-order valence-corrected chi connectivity index (χ4v) is 2.64. The molecule has 2 rings (SSSR count). The van der Waals surface area contributed by atoms with Gasteiger partial charge in [-0.25, -0.2) is 9.78 Å². The van der Waals surface area contributed by atoms with Crippen molar-refractivity contribution in [3.05, 3.63) is 34.0 Å². The number of amides is 2. The predicted molar refractivity (Wildman–Crippen MR) is 83.4 cm³/mol. The summed E-state index contributed by atoms with van der Waals surface area (Å²) in [6.45, 7) is 7.32. The summed E-state index contributed by atoms with van der Waals surface area (Å²) < 4.78 is 1.88. The second-order valence-electron chi connectivity index (χ2n) is 5.05. The van der Waals surface area contributed by atoms with Crippen molar-refractivity contribution >= 4 is 17.4 Å². The molecule has 0 bridgehead atoms. The summed E-state index contributed by atoms with van der Waals surface area (Å²) in [4.78, 5) is 16.1. The fourth-order valence-electron chi connectivity index (χ4n) is 1.93. The molecule has 7 heteroatoms. The number of carbonyl (C=O) groups is 1. The zero-order valence-electron chi connectivity index (χ0n) is 12.6. The first-order valence-corrected chi connectivity index (χ1v) is 7.88. The fraction of sp³-hybridized carbons (Fsp3) is 0.500. The van der Waals surface area contributed by atoms with Crippen LogP contribution in [0, 0.1) is 13.8 Å². The second-order valence-corrected chi connectivity index (χ2v) is 6.11. The molecule has 0 spiro atoms. The van der Waals surface area contributed by atoms with E-state index < -0.39 is 0 Å². The van der Waals surface area contributed by atoms with Crippen LogP contribution in [-0.4, -0.2) is 27.3 Å². The Balaban J connectivity index is 1.65. The molecule has 0 aliphatic rings. The SMILES string of the molecule is Cc1cnn(CCCNC(=O)N[C@H](C)c2csc(C)n2)c1. The molecule has 0 fully saturated rings. The van der Waals surface area contributed by atoms with Gasteiger partial charge in [0.15, 0.2) is 0 Å². The van der Waals surface area contributed by atoms with E-state index in [2.05, 4.69) is 20.7 Å². The van der Waals surface area contributed by atoms with Crippen LogP contribution >= 0.6 is 11.3 Å². The van der Waals surface area contributed by atoms with E-state index in [4.69, 9.17) is 0 Å². The number of aryl methyl sites for hydroxylation is 3. The summed E-state index contributed by atoms with van der Waals surface area (Å²) in [7, 11) is 0. The number of nitrogens with one attached hydrogen (secondary N) is 2. The minimum absolute atomic E-state index is 0.0799. The molecule has 0 radical (unpaired) electrons. The van der Waals surface area contributed by atoms with E-state index in [-0.39, 0.29) is 12.1 Å². The zero-order chi connectivity index (χ0) is 15.2. The minimum atomic E-state index is -0.162. The summed E-state index contributed by atoms with van der Waals surface area (Å²) in [6, 6.07) is -0.242. The number of aromatic nitrogens is 3. The van der Waals surface area contributed by atoms with Gasteiger partial charge in [0.1, 0.15) is 0 Å². The van der Waals surface area contributed by atoms with Crippen molar-refractivity contribution in [2.75, 3.05) is 6.54 Å². The molecule has 0 unspecified atom stereocenters. The molecular weight excluding hydrogens is 286 g/mol. The molecule has 2 heterocycles. The van der Waals surface area contributed by atoms with Gasteiger partial charge >= 0.3 is 6.03 Å². The maximum Gasteiger partial charge on any atom is 0.315 e. The van der Waals surface area contributed by atoms with E-state index in [1.165, 1.54) is 0 Å². The molecule has 2 N–H and O–H groups in total. The zero-order valence-corrected chi connectivity index (χ0v) is 13.4. The first kappa shape index (κ1) is 15.5. The van der Waals surface area contributed by atoms with Crippen LogP contribution in [0.3, 0.4) is 0 Å². The van der Waals surface area contributed by atoms with E-state index in [0.29, 0.717) is 6.54 Å². The third-order valence-corrected chi connectivity index (χ3v) is 3.83. The molecular formula is C14H21N5OS. The molecule has 0 aromatic carbocycles. The number of hydrogen-bond donors (Lipinski definition) is 2. The van der Waals surface area contributed by atoms with Crippen LogP contribution in [0.2, 0.25) is 0 Å². The Kier molecular flexibility index (Phi) is 5.32. The molecule has 2 aromatic rings. The van der Waals surface area contributed by atoms with Gasteiger partial charge in [-0.05, 0) is 32.8 Å². The Hall–Kier alpha value is -1.89. The van der Waals surface area contributed by atoms with E-state index in [1.54, 1.807) is 11.3 Å². The molecule has 6 nitrogen and oxygen atoms in total. The molecule has 114 valence electrons. The molecule has 0 saturated carbocycles. The third-order valence-electron chi connectivity index (χ3n) is 3.04. The Morgan fingerprint density at radius 2 is 2.29 bits per heavy atom. The van der Waals surface area contributed by atoms with Gasteiger partial charge < -0.3 is 10.6 Å². The van der Waals surface area contributed by atoms with Gasteiger partial charge in [-0.2, -0.15) is 5.10 Å². The minimum Gasteiger partial charge on any atom is -0.338 e. The van der Waals surface area contributed by atoms with Gasteiger partial charge in [0.25, 0.3) is 0 Å². The largest absolute Gasteiger partial charge is 0.338 e. The number of carbonyl (C=O) groups excluding carboxylic acids is 1. The lowest BCUT2D eigenvalue weighted by atomic mass is 10.3. The van der Waals surface area contributed by atoms with E-state index in [0.717, 1.165) is 29.2 Å². The highest BCUT2D eigenvalue weighted by molar-refractivity contribution is 7.09. The van der Waals surface area contributed by atoms with Crippen LogP contribution < -0.4 is 10.6 Å². The van der Waals surface area contributed by atoms with Gasteiger partial charge in [-0.3, -0.25) is 4.68 Å². The lowest BCUT2D eigenvalue weighted by Crippen LogP contribution is -2.37. The summed E-state index contributed by atoms with van der Waals surface area (Å²) in [5.41, 5.74) is 2.05. The van der Waals surface area contributed by atoms with Gasteiger partial charge in [-0.1, -0.05) is 0 Å². The van der Waals surface area contributed by atoms with Crippen LogP contribution in [-0.2, 0) is 6.54 Å². The Morgan fingerprint density at radius 1 is 1.48 bits per heavy atom. The third kappa shape index (κ3) is 4.86. The summed E-state index contributed by atoms with van der Waals surface area (Å²) >= 11 is 1.59. The molecule has 1 atom stereocenters. The van der Waals surface area contributed by atoms with Crippen LogP contribution in [0.5, 0.6) is 0 Å². The second kappa shape index (κ2) is 7.21. The smallest absolute Gasteiger partial charge is 0.315 e. The highest BCUT2D eigenvalue weighted by Crippen LogP contribution is 2.15. The lowest BCUT2D eigenvalue weighted by molar-refractivity contribution is 0.237. The molecule has 0 aliphatic carbocycles. The predicted octanol–water partition coefficient (Wildman–Crippen LogP) is 2.41. The number of hydrogen-bond acceptors (Lipinski definition) is 4. The quantitative estimate of drug-likeness (QED) is 0.805. The average molecular weight is 307 g/mol. The maximum absolute atomic E-state index is 11.8. The molecule has 2 amide bonds. The monoisotopic (exact) mass is 307 g/mol. The van der Waals surface area contributed by atoms with Crippen molar-refractivity contribution in [2.45, 2.75) is 39.8 Å². The average Bonchev–Trinajstić information content (AvgIpc) is 3.03. The van der Waals surface area contributed by atoms with Crippen molar-refractivity contribution in [3.63, 3.8) is 0 Å². The number of nitrogens with zero attached hydrogens (tertiary/aromatic N) is 3. The highest BCUT2D eigenvalue weighted by Gasteiger charge is 2.11. The van der Waals surface area contributed by atoms with Crippen molar-refractivity contribution in [1.82, 2.24) is 25.4 Å². The van der Waals surface area contributed by atoms with Gasteiger partial charge in [-0.15, -0.1) is 11.3 Å². The van der Waals surface area contributed by atoms with Crippen LogP contribution in [0.4, 0.5) is 4.79 Å². The molecule has 0 saturated heterocycles. The summed E-state index contributed by atoms with van der Waals surface area (Å²) in [5.74, 6) is 0. The van der Waals surface area contributed by atoms with E-state index >= 15 is 0 Å². The normalized spacial score (nSPS) is 12.1. The van der Waals surface area contributed by atoms with Crippen molar-refractivity contribution in [1.29, 1.82) is 0 Å². The Morgan fingerprint density at radius 3 is 2.90 bits per heavy atom. The first-order valence-electron chi connectivity index (χ1n) is 7.00. The van der Waals surface area contributed by atoms with Crippen LogP contribution in [0.15, 0.2) is 17.8 Å². The summed E-state index contributed by atoms with van der Waals surface area (Å²) in [6.07, 6.45) is 4.67. The van der Waals surface area contributed by atoms with Gasteiger partial charge in [0, 0.05) is 24.7 Å². The standard InChI is InChI=1S/C14H21N5OS/c1-10-7-16-19(8-10)6-4-5-15-14(20)17-11(2)13-9-21-12(3)18-13/h7-9,11H,4-6H2,1-3H3,(H2,15,17,20)/t11-/m1/s1. The summed E-state index contributed by atoms with van der Waals surface area (Å²) in [5, 5.41) is 12.9. The highest BCUT2D eigenvalue weighted by atomic mass is 32.1. The lowest BCUT2D eigenvalue weighted by Gasteiger charge is -2.12. The maximum atomic E-state index is 11.8. The van der Waals surface area contributed by atoms with E-state index in [1.807, 2.05) is 43.2 Å². The molecule has 21 heavy (non-hydrogen) atoms. The Labute approximate surface area is 128 Å². The van der Waals surface area contributed by atoms with E-state index in [9.17, 15) is 4.79 Å². The number of urea groups is 1. The van der Waals surface area contributed by atoms with Gasteiger partial charge in [0.2, 0.25) is 0 Å². The van der Waals surface area contributed by atoms with Crippen LogP contribution in [0.25, 0.3) is 0 Å². The first-order chi connectivity index (χ1) is 10.0. The van der Waals surface area contributed by atoms with Gasteiger partial charge in [0.05, 0.1) is 22.9 Å². The van der Waals surface area contributed by atoms with Crippen molar-refractivity contribution in [3.8, 4) is 0 Å². The van der Waals surface area contributed by atoms with Crippen LogP contribution in [0.1, 0.15) is 35.7 Å². The van der Waals surface area contributed by atoms with Crippen molar-refractivity contribution < 1.29 is 4.79 Å². The van der Waals surface area contributed by atoms with Crippen molar-refractivity contribution in [2.24, 2.45) is 0 Å².